The van der Waals surface area contributed by atoms with Gasteiger partial charge >= 0.3 is 5.97 Å². The van der Waals surface area contributed by atoms with Gasteiger partial charge in [-0.3, -0.25) is 0 Å². The third-order valence-corrected chi connectivity index (χ3v) is 5.48. The first-order valence-corrected chi connectivity index (χ1v) is 10.1. The minimum atomic E-state index is -0.448. The van der Waals surface area contributed by atoms with E-state index >= 15 is 0 Å². The average Bonchev–Trinajstić information content (AvgIpc) is 3.13. The molecule has 0 radical (unpaired) electrons. The van der Waals surface area contributed by atoms with Crippen molar-refractivity contribution in [3.63, 3.8) is 0 Å². The molecule has 0 saturated carbocycles. The van der Waals surface area contributed by atoms with Crippen molar-refractivity contribution in [2.24, 2.45) is 7.05 Å². The van der Waals surface area contributed by atoms with Crippen molar-refractivity contribution in [3.8, 4) is 0 Å². The number of furan rings is 1. The summed E-state index contributed by atoms with van der Waals surface area (Å²) in [6.07, 6.45) is 0. The van der Waals surface area contributed by atoms with Crippen LogP contribution in [0.4, 0.5) is 0 Å². The molecule has 0 bridgehead atoms. The lowest BCUT2D eigenvalue weighted by molar-refractivity contribution is 0.0491. The quantitative estimate of drug-likeness (QED) is 0.402. The summed E-state index contributed by atoms with van der Waals surface area (Å²) in [5.41, 5.74) is 1.46. The zero-order chi connectivity index (χ0) is 18.8. The van der Waals surface area contributed by atoms with Gasteiger partial charge in [-0.1, -0.05) is 41.5 Å². The normalized spacial score (nSPS) is 11.5. The van der Waals surface area contributed by atoms with Gasteiger partial charge in [0.2, 0.25) is 5.76 Å². The zero-order valence-corrected chi connectivity index (χ0v) is 17.5. The average molecular weight is 438 g/mol. The van der Waals surface area contributed by atoms with E-state index in [0.717, 1.165) is 26.4 Å². The molecule has 0 fully saturated rings. The smallest absolute Gasteiger partial charge is 0.374 e. The molecule has 3 rings (SSSR count). The highest BCUT2D eigenvalue weighted by Gasteiger charge is 2.23. The number of rotatable bonds is 6. The molecular formula is C18H20BrN3O3S. The summed E-state index contributed by atoms with van der Waals surface area (Å²) in [5.74, 6) is 1.55. The number of fused-ring (bicyclic) bond motifs is 1. The molecule has 1 aromatic carbocycles. The molecule has 2 heterocycles. The van der Waals surface area contributed by atoms with Crippen LogP contribution in [0.3, 0.4) is 0 Å². The van der Waals surface area contributed by atoms with Crippen LogP contribution in [0.1, 0.15) is 48.6 Å². The summed E-state index contributed by atoms with van der Waals surface area (Å²) in [6.45, 7) is 6.24. The van der Waals surface area contributed by atoms with Crippen molar-refractivity contribution in [2.75, 3.05) is 6.61 Å². The highest BCUT2D eigenvalue weighted by atomic mass is 79.9. The second kappa shape index (κ2) is 7.84. The van der Waals surface area contributed by atoms with Crippen LogP contribution in [0, 0.1) is 0 Å². The first kappa shape index (κ1) is 19.0. The van der Waals surface area contributed by atoms with Crippen LogP contribution in [0.15, 0.2) is 32.2 Å². The molecule has 0 aliphatic carbocycles. The number of carbonyl (C=O) groups excluding carboxylic acids is 1. The van der Waals surface area contributed by atoms with E-state index in [1.165, 1.54) is 11.8 Å². The number of aromatic nitrogens is 3. The Kier molecular flexibility index (Phi) is 5.72. The van der Waals surface area contributed by atoms with Gasteiger partial charge in [0.05, 0.1) is 6.61 Å². The van der Waals surface area contributed by atoms with Crippen LogP contribution in [-0.2, 0) is 17.5 Å². The SMILES string of the molecule is CCOC(=O)c1oc2ccc(Br)cc2c1CSc1nnc(C(C)C)n1C. The summed E-state index contributed by atoms with van der Waals surface area (Å²) in [5, 5.41) is 10.2. The maximum atomic E-state index is 12.3. The van der Waals surface area contributed by atoms with Crippen molar-refractivity contribution in [3.05, 3.63) is 39.8 Å². The maximum absolute atomic E-state index is 12.3. The fraction of sp³-hybridized carbons (Fsp3) is 0.389. The van der Waals surface area contributed by atoms with E-state index in [0.29, 0.717) is 23.9 Å². The number of nitrogens with zero attached hydrogens (tertiary/aromatic N) is 3. The Bertz CT molecular complexity index is 949. The third kappa shape index (κ3) is 3.66. The molecule has 0 N–H and O–H groups in total. The molecule has 8 heteroatoms. The summed E-state index contributed by atoms with van der Waals surface area (Å²) in [4.78, 5) is 12.3. The van der Waals surface area contributed by atoms with Crippen LogP contribution in [0.2, 0.25) is 0 Å². The Morgan fingerprint density at radius 2 is 2.15 bits per heavy atom. The van der Waals surface area contributed by atoms with Crippen molar-refractivity contribution >= 4 is 44.6 Å². The second-order valence-electron chi connectivity index (χ2n) is 6.11. The fourth-order valence-electron chi connectivity index (χ4n) is 2.72. The van der Waals surface area contributed by atoms with E-state index in [1.807, 2.05) is 29.8 Å². The standard InChI is InChI=1S/C18H20BrN3O3S/c1-5-24-17(23)15-13(12-8-11(19)6-7-14(12)25-15)9-26-18-21-20-16(10(2)3)22(18)4/h6-8,10H,5,9H2,1-4H3. The van der Waals surface area contributed by atoms with Gasteiger partial charge in [-0.05, 0) is 25.1 Å². The first-order valence-electron chi connectivity index (χ1n) is 8.32. The molecule has 0 amide bonds. The van der Waals surface area contributed by atoms with Crippen molar-refractivity contribution in [1.82, 2.24) is 14.8 Å². The van der Waals surface area contributed by atoms with Crippen molar-refractivity contribution in [1.29, 1.82) is 0 Å². The molecule has 0 aliphatic heterocycles. The van der Waals surface area contributed by atoms with Gasteiger partial charge in [-0.2, -0.15) is 0 Å². The van der Waals surface area contributed by atoms with E-state index in [2.05, 4.69) is 40.0 Å². The molecule has 6 nitrogen and oxygen atoms in total. The van der Waals surface area contributed by atoms with Crippen LogP contribution >= 0.6 is 27.7 Å². The van der Waals surface area contributed by atoms with Crippen LogP contribution in [0.25, 0.3) is 11.0 Å². The summed E-state index contributed by atoms with van der Waals surface area (Å²) >= 11 is 5.00. The molecule has 0 aliphatic rings. The Hall–Kier alpha value is -1.80. The Balaban J connectivity index is 1.96. The van der Waals surface area contributed by atoms with E-state index in [9.17, 15) is 4.79 Å². The minimum Gasteiger partial charge on any atom is -0.460 e. The Morgan fingerprint density at radius 3 is 2.81 bits per heavy atom. The lowest BCUT2D eigenvalue weighted by Crippen LogP contribution is -2.06. The zero-order valence-electron chi connectivity index (χ0n) is 15.1. The number of ether oxygens (including phenoxy) is 1. The number of esters is 1. The number of carbonyl (C=O) groups is 1. The highest BCUT2D eigenvalue weighted by molar-refractivity contribution is 9.10. The second-order valence-corrected chi connectivity index (χ2v) is 7.97. The number of hydrogen-bond acceptors (Lipinski definition) is 6. The monoisotopic (exact) mass is 437 g/mol. The maximum Gasteiger partial charge on any atom is 0.374 e. The predicted molar refractivity (Wildman–Crippen MR) is 105 cm³/mol. The van der Waals surface area contributed by atoms with Crippen LogP contribution < -0.4 is 0 Å². The molecule has 0 unspecified atom stereocenters. The van der Waals surface area contributed by atoms with Gasteiger partial charge in [-0.15, -0.1) is 10.2 Å². The van der Waals surface area contributed by atoms with Crippen LogP contribution in [0.5, 0.6) is 0 Å². The van der Waals surface area contributed by atoms with E-state index in [1.54, 1.807) is 6.92 Å². The molecule has 3 aromatic rings. The largest absolute Gasteiger partial charge is 0.460 e. The van der Waals surface area contributed by atoms with Crippen molar-refractivity contribution in [2.45, 2.75) is 37.6 Å². The van der Waals surface area contributed by atoms with Gasteiger partial charge in [0.25, 0.3) is 0 Å². The molecule has 0 saturated heterocycles. The lowest BCUT2D eigenvalue weighted by atomic mass is 10.1. The van der Waals surface area contributed by atoms with E-state index in [4.69, 9.17) is 9.15 Å². The number of halogens is 1. The molecule has 0 atom stereocenters. The molecule has 0 spiro atoms. The van der Waals surface area contributed by atoms with E-state index < -0.39 is 5.97 Å². The van der Waals surface area contributed by atoms with E-state index in [-0.39, 0.29) is 5.76 Å². The first-order chi connectivity index (χ1) is 12.4. The number of hydrogen-bond donors (Lipinski definition) is 0. The van der Waals surface area contributed by atoms with Gasteiger partial charge < -0.3 is 13.7 Å². The van der Waals surface area contributed by atoms with Crippen molar-refractivity contribution < 1.29 is 13.9 Å². The third-order valence-electron chi connectivity index (χ3n) is 3.94. The number of benzene rings is 1. The predicted octanol–water partition coefficient (Wildman–Crippen LogP) is 4.92. The molecule has 26 heavy (non-hydrogen) atoms. The van der Waals surface area contributed by atoms with Gasteiger partial charge in [0.1, 0.15) is 11.4 Å². The fourth-order valence-corrected chi connectivity index (χ4v) is 4.02. The van der Waals surface area contributed by atoms with Gasteiger partial charge in [0, 0.05) is 34.1 Å². The summed E-state index contributed by atoms with van der Waals surface area (Å²) in [6, 6.07) is 5.68. The summed E-state index contributed by atoms with van der Waals surface area (Å²) < 4.78 is 13.8. The molecular weight excluding hydrogens is 418 g/mol. The molecule has 2 aromatic heterocycles. The highest BCUT2D eigenvalue weighted by Crippen LogP contribution is 2.34. The Morgan fingerprint density at radius 1 is 1.38 bits per heavy atom. The van der Waals surface area contributed by atoms with Gasteiger partial charge in [0.15, 0.2) is 5.16 Å². The number of thioether (sulfide) groups is 1. The lowest BCUT2D eigenvalue weighted by Gasteiger charge is -2.06. The minimum absolute atomic E-state index is 0.249. The Labute approximate surface area is 164 Å². The van der Waals surface area contributed by atoms with Gasteiger partial charge in [-0.25, -0.2) is 4.79 Å². The van der Waals surface area contributed by atoms with Crippen LogP contribution in [-0.4, -0.2) is 27.3 Å². The molecule has 138 valence electrons. The topological polar surface area (TPSA) is 70.2 Å². The summed E-state index contributed by atoms with van der Waals surface area (Å²) in [7, 11) is 1.95.